The highest BCUT2D eigenvalue weighted by molar-refractivity contribution is 5.78. The van der Waals surface area contributed by atoms with Crippen molar-refractivity contribution in [1.82, 2.24) is 0 Å². The molecule has 2 aromatic carbocycles. The number of hydrogen-bond acceptors (Lipinski definition) is 3. The number of halogens is 1. The van der Waals surface area contributed by atoms with E-state index in [9.17, 15) is 4.48 Å². The fourth-order valence-corrected chi connectivity index (χ4v) is 1.84. The van der Waals surface area contributed by atoms with Crippen molar-refractivity contribution in [3.8, 4) is 11.1 Å². The van der Waals surface area contributed by atoms with Gasteiger partial charge in [0.2, 0.25) is 0 Å². The second-order valence-electron chi connectivity index (χ2n) is 4.27. The molecule has 94 valence electrons. The average molecular weight is 245 g/mol. The monoisotopic (exact) mass is 245 g/mol. The lowest BCUT2D eigenvalue weighted by Crippen LogP contribution is -2.20. The molecule has 0 bridgehead atoms. The molecule has 2 N–H and O–H groups in total. The largest absolute Gasteiger partial charge is 0.378 e. The number of rotatable bonds is 3. The minimum atomic E-state index is 0.148. The standard InChI is InChI=1S/C14H16FN3/c1-17(2)12-9-7-11(8-10-12)13-5-3-4-6-14(13)18(15)16/h3-10H,16H2,1-2H3. The molecule has 2 rings (SSSR count). The third-order valence-electron chi connectivity index (χ3n) is 2.83. The van der Waals surface area contributed by atoms with Crippen LogP contribution in [-0.2, 0) is 0 Å². The van der Waals surface area contributed by atoms with E-state index in [1.54, 1.807) is 12.1 Å². The Bertz CT molecular complexity index is 521. The molecule has 0 aliphatic rings. The molecule has 0 radical (unpaired) electrons. The molecule has 0 fully saturated rings. The van der Waals surface area contributed by atoms with Gasteiger partial charge in [-0.15, -0.1) is 5.23 Å². The number of hydrogen-bond donors (Lipinski definition) is 1. The van der Waals surface area contributed by atoms with E-state index in [2.05, 4.69) is 0 Å². The van der Waals surface area contributed by atoms with Gasteiger partial charge in [-0.1, -0.05) is 34.8 Å². The van der Waals surface area contributed by atoms with Crippen molar-refractivity contribution in [2.75, 3.05) is 24.2 Å². The van der Waals surface area contributed by atoms with Crippen LogP contribution in [0.5, 0.6) is 0 Å². The molecule has 0 heterocycles. The highest BCUT2D eigenvalue weighted by atomic mass is 19.2. The second-order valence-corrected chi connectivity index (χ2v) is 4.27. The number of hydrazine groups is 1. The first-order valence-electron chi connectivity index (χ1n) is 5.67. The summed E-state index contributed by atoms with van der Waals surface area (Å²) in [6, 6.07) is 15.0. The molecular formula is C14H16FN3. The lowest BCUT2D eigenvalue weighted by Gasteiger charge is -2.15. The third kappa shape index (κ3) is 2.43. The van der Waals surface area contributed by atoms with Crippen LogP contribution in [-0.4, -0.2) is 14.1 Å². The Morgan fingerprint density at radius 3 is 2.11 bits per heavy atom. The molecule has 4 heteroatoms. The summed E-state index contributed by atoms with van der Waals surface area (Å²) in [4.78, 5) is 2.01. The summed E-state index contributed by atoms with van der Waals surface area (Å²) in [5.41, 5.74) is 3.16. The lowest BCUT2D eigenvalue weighted by molar-refractivity contribution is 0.445. The van der Waals surface area contributed by atoms with Gasteiger partial charge in [0.15, 0.2) is 0 Å². The van der Waals surface area contributed by atoms with Crippen LogP contribution in [0.1, 0.15) is 0 Å². The zero-order chi connectivity index (χ0) is 13.1. The zero-order valence-corrected chi connectivity index (χ0v) is 10.5. The van der Waals surface area contributed by atoms with E-state index >= 15 is 0 Å². The van der Waals surface area contributed by atoms with Crippen molar-refractivity contribution in [3.05, 3.63) is 48.5 Å². The second kappa shape index (κ2) is 5.06. The maximum absolute atomic E-state index is 13.2. The molecular weight excluding hydrogens is 229 g/mol. The summed E-state index contributed by atoms with van der Waals surface area (Å²) >= 11 is 0. The molecule has 0 atom stereocenters. The Labute approximate surface area is 106 Å². The normalized spacial score (nSPS) is 10.2. The van der Waals surface area contributed by atoms with Crippen molar-refractivity contribution in [2.24, 2.45) is 5.84 Å². The van der Waals surface area contributed by atoms with Crippen LogP contribution in [0, 0.1) is 0 Å². The molecule has 0 aliphatic carbocycles. The van der Waals surface area contributed by atoms with Gasteiger partial charge < -0.3 is 4.90 Å². The first kappa shape index (κ1) is 12.4. The van der Waals surface area contributed by atoms with Gasteiger partial charge in [0, 0.05) is 25.3 Å². The first-order valence-corrected chi connectivity index (χ1v) is 5.67. The van der Waals surface area contributed by atoms with E-state index in [4.69, 9.17) is 5.84 Å². The van der Waals surface area contributed by atoms with Crippen molar-refractivity contribution in [3.63, 3.8) is 0 Å². The topological polar surface area (TPSA) is 32.5 Å². The SMILES string of the molecule is CN(C)c1ccc(-c2ccccc2N(N)F)cc1. The van der Waals surface area contributed by atoms with E-state index < -0.39 is 0 Å². The zero-order valence-electron chi connectivity index (χ0n) is 10.5. The Balaban J connectivity index is 2.43. The molecule has 0 aliphatic heterocycles. The van der Waals surface area contributed by atoms with E-state index in [0.717, 1.165) is 16.8 Å². The number of nitrogens with zero attached hydrogens (tertiary/aromatic N) is 2. The molecule has 18 heavy (non-hydrogen) atoms. The quantitative estimate of drug-likeness (QED) is 0.512. The van der Waals surface area contributed by atoms with Crippen molar-refractivity contribution in [2.45, 2.75) is 0 Å². The summed E-state index contributed by atoms with van der Waals surface area (Å²) in [5.74, 6) is 5.19. The summed E-state index contributed by atoms with van der Waals surface area (Å²) < 4.78 is 13.2. The Hall–Kier alpha value is -2.07. The van der Waals surface area contributed by atoms with E-state index in [-0.39, 0.29) is 5.23 Å². The number of para-hydroxylation sites is 1. The van der Waals surface area contributed by atoms with Gasteiger partial charge in [0.25, 0.3) is 0 Å². The van der Waals surface area contributed by atoms with Gasteiger partial charge in [0.05, 0.1) is 5.69 Å². The lowest BCUT2D eigenvalue weighted by atomic mass is 10.0. The minimum Gasteiger partial charge on any atom is -0.378 e. The highest BCUT2D eigenvalue weighted by Gasteiger charge is 2.08. The van der Waals surface area contributed by atoms with Crippen molar-refractivity contribution < 1.29 is 4.48 Å². The van der Waals surface area contributed by atoms with Crippen LogP contribution in [0.3, 0.4) is 0 Å². The molecule has 0 spiro atoms. The predicted molar refractivity (Wildman–Crippen MR) is 74.0 cm³/mol. The fourth-order valence-electron chi connectivity index (χ4n) is 1.84. The Kier molecular flexibility index (Phi) is 3.48. The minimum absolute atomic E-state index is 0.148. The van der Waals surface area contributed by atoms with Gasteiger partial charge in [-0.05, 0) is 23.8 Å². The number of nitrogens with two attached hydrogens (primary N) is 1. The van der Waals surface area contributed by atoms with Crippen LogP contribution >= 0.6 is 0 Å². The van der Waals surface area contributed by atoms with Crippen LogP contribution in [0.2, 0.25) is 0 Å². The Morgan fingerprint density at radius 2 is 1.56 bits per heavy atom. The van der Waals surface area contributed by atoms with Crippen molar-refractivity contribution >= 4 is 11.4 Å². The van der Waals surface area contributed by atoms with Gasteiger partial charge >= 0.3 is 0 Å². The van der Waals surface area contributed by atoms with Gasteiger partial charge in [-0.25, -0.2) is 5.84 Å². The first-order chi connectivity index (χ1) is 8.59. The maximum Gasteiger partial charge on any atom is 0.0950 e. The third-order valence-corrected chi connectivity index (χ3v) is 2.83. The summed E-state index contributed by atoms with van der Waals surface area (Å²) in [6.07, 6.45) is 0. The van der Waals surface area contributed by atoms with Gasteiger partial charge in [-0.3, -0.25) is 0 Å². The molecule has 2 aromatic rings. The van der Waals surface area contributed by atoms with Gasteiger partial charge in [0.1, 0.15) is 0 Å². The van der Waals surface area contributed by atoms with E-state index in [1.165, 1.54) is 0 Å². The number of benzene rings is 2. The molecule has 0 unspecified atom stereocenters. The molecule has 0 amide bonds. The number of anilines is 2. The summed E-state index contributed by atoms with van der Waals surface area (Å²) in [5, 5.41) is 0.148. The van der Waals surface area contributed by atoms with Crippen LogP contribution in [0.15, 0.2) is 48.5 Å². The van der Waals surface area contributed by atoms with E-state index in [1.807, 2.05) is 55.4 Å². The predicted octanol–water partition coefficient (Wildman–Crippen LogP) is 2.98. The smallest absolute Gasteiger partial charge is 0.0950 e. The van der Waals surface area contributed by atoms with Crippen LogP contribution in [0.25, 0.3) is 11.1 Å². The average Bonchev–Trinajstić information content (AvgIpc) is 2.39. The highest BCUT2D eigenvalue weighted by Crippen LogP contribution is 2.30. The summed E-state index contributed by atoms with van der Waals surface area (Å²) in [6.45, 7) is 0. The maximum atomic E-state index is 13.2. The molecule has 0 saturated heterocycles. The van der Waals surface area contributed by atoms with Crippen LogP contribution in [0.4, 0.5) is 15.9 Å². The fraction of sp³-hybridized carbons (Fsp3) is 0.143. The van der Waals surface area contributed by atoms with Crippen LogP contribution < -0.4 is 16.0 Å². The molecule has 0 saturated carbocycles. The summed E-state index contributed by atoms with van der Waals surface area (Å²) in [7, 11) is 3.96. The molecule has 3 nitrogen and oxygen atoms in total. The van der Waals surface area contributed by atoms with Gasteiger partial charge in [-0.2, -0.15) is 0 Å². The Morgan fingerprint density at radius 1 is 0.944 bits per heavy atom. The molecule has 0 aromatic heterocycles. The van der Waals surface area contributed by atoms with Crippen molar-refractivity contribution in [1.29, 1.82) is 0 Å². The van der Waals surface area contributed by atoms with E-state index in [0.29, 0.717) is 5.69 Å².